The Morgan fingerprint density at radius 2 is 1.97 bits per heavy atom. The zero-order valence-corrected chi connectivity index (χ0v) is 16.9. The number of methoxy groups -OCH3 is 1. The monoisotopic (exact) mass is 407 g/mol. The van der Waals surface area contributed by atoms with Crippen LogP contribution in [0.25, 0.3) is 0 Å². The molecule has 2 heterocycles. The molecule has 2 amide bonds. The van der Waals surface area contributed by atoms with Crippen LogP contribution in [0.15, 0.2) is 47.2 Å². The fraction of sp³-hybridized carbons (Fsp3) is 0.273. The van der Waals surface area contributed by atoms with E-state index in [0.29, 0.717) is 40.7 Å². The Balaban J connectivity index is 1.80. The Morgan fingerprint density at radius 1 is 1.13 bits per heavy atom. The van der Waals surface area contributed by atoms with Crippen molar-refractivity contribution < 1.29 is 23.5 Å². The van der Waals surface area contributed by atoms with Crippen molar-refractivity contribution in [1.82, 2.24) is 15.1 Å². The van der Waals surface area contributed by atoms with E-state index in [2.05, 4.69) is 10.2 Å². The second-order valence-electron chi connectivity index (χ2n) is 6.87. The summed E-state index contributed by atoms with van der Waals surface area (Å²) in [6.45, 7) is 4.14. The van der Waals surface area contributed by atoms with Gasteiger partial charge in [-0.3, -0.25) is 14.5 Å². The number of hydrogen-bond donors (Lipinski definition) is 0. The predicted octanol–water partition coefficient (Wildman–Crippen LogP) is 3.37. The molecule has 4 rings (SSSR count). The van der Waals surface area contributed by atoms with E-state index in [0.717, 1.165) is 5.56 Å². The molecule has 0 N–H and O–H groups in total. The van der Waals surface area contributed by atoms with Gasteiger partial charge in [0.1, 0.15) is 0 Å². The van der Waals surface area contributed by atoms with Crippen molar-refractivity contribution >= 4 is 11.8 Å². The highest BCUT2D eigenvalue weighted by Crippen LogP contribution is 2.38. The maximum Gasteiger partial charge on any atom is 0.262 e. The lowest BCUT2D eigenvalue weighted by molar-refractivity contribution is 0.0576. The summed E-state index contributed by atoms with van der Waals surface area (Å²) in [7, 11) is 1.56. The second kappa shape index (κ2) is 7.98. The highest BCUT2D eigenvalue weighted by molar-refractivity contribution is 6.22. The number of aromatic nitrogens is 2. The number of benzene rings is 2. The highest BCUT2D eigenvalue weighted by atomic mass is 16.5. The summed E-state index contributed by atoms with van der Waals surface area (Å²) >= 11 is 0. The maximum absolute atomic E-state index is 13.3. The third kappa shape index (κ3) is 3.30. The summed E-state index contributed by atoms with van der Waals surface area (Å²) in [5, 5.41) is 7.65. The molecule has 0 bridgehead atoms. The van der Waals surface area contributed by atoms with E-state index in [1.165, 1.54) is 11.3 Å². The van der Waals surface area contributed by atoms with Gasteiger partial charge in [-0.25, -0.2) is 0 Å². The minimum absolute atomic E-state index is 0.183. The van der Waals surface area contributed by atoms with Crippen LogP contribution in [-0.2, 0) is 6.42 Å². The average molecular weight is 407 g/mol. The molecule has 1 aliphatic rings. The van der Waals surface area contributed by atoms with Crippen LogP contribution < -0.4 is 9.47 Å². The normalized spacial score (nSPS) is 14.0. The van der Waals surface area contributed by atoms with Crippen molar-refractivity contribution in [2.24, 2.45) is 0 Å². The van der Waals surface area contributed by atoms with Crippen LogP contribution in [0, 0.1) is 6.92 Å². The summed E-state index contributed by atoms with van der Waals surface area (Å²) in [5.41, 5.74) is 2.28. The molecule has 1 aliphatic heterocycles. The first kappa shape index (κ1) is 19.6. The maximum atomic E-state index is 13.3. The Labute approximate surface area is 173 Å². The lowest BCUT2D eigenvalue weighted by atomic mass is 10.0. The zero-order chi connectivity index (χ0) is 21.3. The smallest absolute Gasteiger partial charge is 0.262 e. The van der Waals surface area contributed by atoms with Crippen molar-refractivity contribution in [3.05, 3.63) is 70.9 Å². The average Bonchev–Trinajstić information content (AvgIpc) is 3.34. The van der Waals surface area contributed by atoms with E-state index in [9.17, 15) is 9.59 Å². The Morgan fingerprint density at radius 3 is 2.63 bits per heavy atom. The summed E-state index contributed by atoms with van der Waals surface area (Å²) in [4.78, 5) is 27.8. The molecule has 0 fully saturated rings. The summed E-state index contributed by atoms with van der Waals surface area (Å²) in [5.74, 6) is 0.724. The van der Waals surface area contributed by atoms with E-state index in [1.54, 1.807) is 37.4 Å². The van der Waals surface area contributed by atoms with Crippen molar-refractivity contribution in [1.29, 1.82) is 0 Å². The molecule has 3 aromatic rings. The summed E-state index contributed by atoms with van der Waals surface area (Å²) < 4.78 is 16.4. The summed E-state index contributed by atoms with van der Waals surface area (Å²) in [6, 6.07) is 9.95. The van der Waals surface area contributed by atoms with Gasteiger partial charge in [-0.05, 0) is 43.2 Å². The van der Waals surface area contributed by atoms with Crippen LogP contribution in [0.3, 0.4) is 0 Å². The Kier molecular flexibility index (Phi) is 5.22. The molecule has 2 aromatic carbocycles. The van der Waals surface area contributed by atoms with Gasteiger partial charge in [-0.2, -0.15) is 0 Å². The van der Waals surface area contributed by atoms with Crippen molar-refractivity contribution in [2.75, 3.05) is 13.7 Å². The number of aryl methyl sites for hydroxylation is 1. The Hall–Kier alpha value is -3.68. The van der Waals surface area contributed by atoms with Crippen molar-refractivity contribution in [3.8, 4) is 11.5 Å². The lowest BCUT2D eigenvalue weighted by Crippen LogP contribution is -2.35. The molecule has 30 heavy (non-hydrogen) atoms. The van der Waals surface area contributed by atoms with Gasteiger partial charge >= 0.3 is 0 Å². The third-order valence-electron chi connectivity index (χ3n) is 5.11. The van der Waals surface area contributed by atoms with E-state index in [1.807, 2.05) is 19.9 Å². The zero-order valence-electron chi connectivity index (χ0n) is 16.9. The van der Waals surface area contributed by atoms with Crippen LogP contribution in [0.4, 0.5) is 0 Å². The molecule has 1 aromatic heterocycles. The number of fused-ring (bicyclic) bond motifs is 1. The van der Waals surface area contributed by atoms with E-state index in [-0.39, 0.29) is 18.2 Å². The molecule has 0 saturated carbocycles. The highest BCUT2D eigenvalue weighted by Gasteiger charge is 2.42. The van der Waals surface area contributed by atoms with Gasteiger partial charge < -0.3 is 13.9 Å². The lowest BCUT2D eigenvalue weighted by Gasteiger charge is -2.26. The van der Waals surface area contributed by atoms with Crippen molar-refractivity contribution in [2.45, 2.75) is 26.3 Å². The van der Waals surface area contributed by atoms with Crippen LogP contribution in [-0.4, -0.2) is 40.6 Å². The van der Waals surface area contributed by atoms with Crippen LogP contribution >= 0.6 is 0 Å². The minimum atomic E-state index is -0.651. The SMILES string of the molecule is CCOc1cc([C@H](Cc2nnco2)N2C(=O)c3cccc(C)c3C2=O)ccc1OC. The molecule has 0 spiro atoms. The fourth-order valence-electron chi connectivity index (χ4n) is 3.73. The molecule has 0 radical (unpaired) electrons. The number of imide groups is 1. The number of amides is 2. The fourth-order valence-corrected chi connectivity index (χ4v) is 3.73. The summed E-state index contributed by atoms with van der Waals surface area (Å²) in [6.07, 6.45) is 1.40. The standard InChI is InChI=1S/C22H21N3O5/c1-4-29-18-10-14(8-9-17(18)28-3)16(11-19-24-23-12-30-19)25-21(26)15-7-5-6-13(2)20(15)22(25)27/h5-10,12,16H,4,11H2,1-3H3/t16-/m0/s1. The van der Waals surface area contributed by atoms with Gasteiger partial charge in [0.25, 0.3) is 11.8 Å². The Bertz CT molecular complexity index is 1090. The van der Waals surface area contributed by atoms with Gasteiger partial charge in [-0.1, -0.05) is 18.2 Å². The number of carbonyl (C=O) groups excluding carboxylic acids is 2. The molecule has 8 heteroatoms. The van der Waals surface area contributed by atoms with Gasteiger partial charge in [0.05, 0.1) is 37.3 Å². The molecule has 0 aliphatic carbocycles. The van der Waals surface area contributed by atoms with E-state index >= 15 is 0 Å². The molecule has 8 nitrogen and oxygen atoms in total. The largest absolute Gasteiger partial charge is 0.493 e. The number of ether oxygens (including phenoxy) is 2. The van der Waals surface area contributed by atoms with E-state index in [4.69, 9.17) is 13.9 Å². The van der Waals surface area contributed by atoms with Crippen molar-refractivity contribution in [3.63, 3.8) is 0 Å². The second-order valence-corrected chi connectivity index (χ2v) is 6.87. The van der Waals surface area contributed by atoms with E-state index < -0.39 is 6.04 Å². The molecular formula is C22H21N3O5. The van der Waals surface area contributed by atoms with Crippen LogP contribution in [0.5, 0.6) is 11.5 Å². The van der Waals surface area contributed by atoms with Gasteiger partial charge in [0, 0.05) is 0 Å². The minimum Gasteiger partial charge on any atom is -0.493 e. The first-order valence-corrected chi connectivity index (χ1v) is 9.58. The predicted molar refractivity (Wildman–Crippen MR) is 107 cm³/mol. The van der Waals surface area contributed by atoms with Crippen LogP contribution in [0.2, 0.25) is 0 Å². The van der Waals surface area contributed by atoms with Gasteiger partial charge in [0.15, 0.2) is 11.5 Å². The molecular weight excluding hydrogens is 386 g/mol. The number of nitrogens with zero attached hydrogens (tertiary/aromatic N) is 3. The molecule has 154 valence electrons. The molecule has 0 unspecified atom stereocenters. The van der Waals surface area contributed by atoms with Gasteiger partial charge in [0.2, 0.25) is 12.3 Å². The molecule has 0 saturated heterocycles. The topological polar surface area (TPSA) is 94.8 Å². The van der Waals surface area contributed by atoms with Crippen LogP contribution in [0.1, 0.15) is 50.7 Å². The molecule has 1 atom stereocenters. The first-order valence-electron chi connectivity index (χ1n) is 9.58. The first-order chi connectivity index (χ1) is 14.5. The third-order valence-corrected chi connectivity index (χ3v) is 5.11. The number of rotatable bonds is 7. The quantitative estimate of drug-likeness (QED) is 0.554. The number of hydrogen-bond acceptors (Lipinski definition) is 7. The number of carbonyl (C=O) groups is 2. The van der Waals surface area contributed by atoms with Gasteiger partial charge in [-0.15, -0.1) is 10.2 Å².